The summed E-state index contributed by atoms with van der Waals surface area (Å²) in [5, 5.41) is 15.7. The summed E-state index contributed by atoms with van der Waals surface area (Å²) in [7, 11) is 0. The van der Waals surface area contributed by atoms with Crippen LogP contribution >= 0.6 is 0 Å². The van der Waals surface area contributed by atoms with E-state index in [2.05, 4.69) is 30.9 Å². The maximum Gasteiger partial charge on any atom is 0.227 e. The zero-order valence-electron chi connectivity index (χ0n) is 22.0. The normalized spacial score (nSPS) is 12.3. The SMILES string of the molecule is Cc1nn(-c2ccccc2)c(Oc2ccccc2)c1CN(Cc1ccccc1)C[C@H](O)COCC(C)C. The molecule has 0 bridgehead atoms. The molecule has 6 nitrogen and oxygen atoms in total. The minimum Gasteiger partial charge on any atom is -0.439 e. The molecule has 6 heteroatoms. The molecule has 37 heavy (non-hydrogen) atoms. The summed E-state index contributed by atoms with van der Waals surface area (Å²) in [5.74, 6) is 1.85. The lowest BCUT2D eigenvalue weighted by molar-refractivity contribution is 0.00543. The van der Waals surface area contributed by atoms with E-state index in [0.717, 1.165) is 22.7 Å². The standard InChI is InChI=1S/C31H37N3O3/c1-24(2)22-36-23-28(35)20-33(19-26-13-7-4-8-14-26)21-30-25(3)32-34(27-15-9-5-10-16-27)31(30)37-29-17-11-6-12-18-29/h4-18,24,28,35H,19-23H2,1-3H3/t28-/m0/s1. The number of aliphatic hydroxyl groups excluding tert-OH is 1. The van der Waals surface area contributed by atoms with Crippen LogP contribution in [0.1, 0.15) is 30.7 Å². The zero-order chi connectivity index (χ0) is 26.0. The summed E-state index contributed by atoms with van der Waals surface area (Å²) in [6, 6.07) is 30.1. The first-order valence-electron chi connectivity index (χ1n) is 12.9. The summed E-state index contributed by atoms with van der Waals surface area (Å²) in [4.78, 5) is 2.23. The third-order valence-electron chi connectivity index (χ3n) is 5.96. The molecule has 0 unspecified atom stereocenters. The van der Waals surface area contributed by atoms with Gasteiger partial charge in [-0.2, -0.15) is 5.10 Å². The maximum absolute atomic E-state index is 10.8. The molecule has 4 aromatic rings. The molecule has 0 amide bonds. The quantitative estimate of drug-likeness (QED) is 0.244. The van der Waals surface area contributed by atoms with Crippen molar-refractivity contribution in [2.24, 2.45) is 5.92 Å². The Labute approximate surface area is 220 Å². The first kappa shape index (κ1) is 26.6. The van der Waals surface area contributed by atoms with Crippen LogP contribution in [0.3, 0.4) is 0 Å². The first-order valence-corrected chi connectivity index (χ1v) is 12.9. The summed E-state index contributed by atoms with van der Waals surface area (Å²) in [5.41, 5.74) is 3.98. The molecule has 0 saturated heterocycles. The fraction of sp³-hybridized carbons (Fsp3) is 0.323. The number of ether oxygens (including phenoxy) is 2. The van der Waals surface area contributed by atoms with Crippen molar-refractivity contribution in [3.8, 4) is 17.3 Å². The molecule has 0 aliphatic rings. The molecule has 0 spiro atoms. The Morgan fingerprint density at radius 3 is 2.11 bits per heavy atom. The average Bonchev–Trinajstić information content (AvgIpc) is 3.20. The number of aryl methyl sites for hydroxylation is 1. The van der Waals surface area contributed by atoms with Gasteiger partial charge in [0.05, 0.1) is 29.7 Å². The molecule has 0 radical (unpaired) electrons. The van der Waals surface area contributed by atoms with Crippen molar-refractivity contribution in [2.45, 2.75) is 40.0 Å². The van der Waals surface area contributed by atoms with Crippen molar-refractivity contribution in [3.05, 3.63) is 108 Å². The van der Waals surface area contributed by atoms with Crippen LogP contribution in [0.4, 0.5) is 0 Å². The molecule has 0 fully saturated rings. The second-order valence-corrected chi connectivity index (χ2v) is 9.77. The molecule has 4 rings (SSSR count). The van der Waals surface area contributed by atoms with Crippen LogP contribution in [0, 0.1) is 12.8 Å². The van der Waals surface area contributed by atoms with Crippen LogP contribution in [0.5, 0.6) is 11.6 Å². The third-order valence-corrected chi connectivity index (χ3v) is 5.96. The minimum atomic E-state index is -0.606. The highest BCUT2D eigenvalue weighted by atomic mass is 16.5. The van der Waals surface area contributed by atoms with E-state index in [-0.39, 0.29) is 0 Å². The molecular weight excluding hydrogens is 462 g/mol. The second kappa shape index (κ2) is 13.2. The van der Waals surface area contributed by atoms with Crippen molar-refractivity contribution in [2.75, 3.05) is 19.8 Å². The van der Waals surface area contributed by atoms with Gasteiger partial charge in [0.25, 0.3) is 0 Å². The van der Waals surface area contributed by atoms with E-state index < -0.39 is 6.10 Å². The van der Waals surface area contributed by atoms with Crippen LogP contribution in [0.15, 0.2) is 91.0 Å². The average molecular weight is 500 g/mol. The number of aliphatic hydroxyl groups is 1. The fourth-order valence-electron chi connectivity index (χ4n) is 4.21. The molecular formula is C31H37N3O3. The van der Waals surface area contributed by atoms with Gasteiger partial charge in [-0.05, 0) is 42.7 Å². The number of hydrogen-bond donors (Lipinski definition) is 1. The molecule has 3 aromatic carbocycles. The predicted molar refractivity (Wildman–Crippen MR) is 147 cm³/mol. The highest BCUT2D eigenvalue weighted by Gasteiger charge is 2.23. The summed E-state index contributed by atoms with van der Waals surface area (Å²) < 4.78 is 14.0. The van der Waals surface area contributed by atoms with E-state index in [9.17, 15) is 5.11 Å². The number of para-hydroxylation sites is 2. The lowest BCUT2D eigenvalue weighted by Gasteiger charge is -2.26. The van der Waals surface area contributed by atoms with Crippen LogP contribution in [-0.2, 0) is 17.8 Å². The Hall–Kier alpha value is -3.45. The van der Waals surface area contributed by atoms with Crippen LogP contribution in [-0.4, -0.2) is 45.6 Å². The van der Waals surface area contributed by atoms with Gasteiger partial charge in [0.2, 0.25) is 5.88 Å². The molecule has 194 valence electrons. The Morgan fingerprint density at radius 2 is 1.46 bits per heavy atom. The van der Waals surface area contributed by atoms with Crippen molar-refractivity contribution >= 4 is 0 Å². The van der Waals surface area contributed by atoms with Crippen molar-refractivity contribution in [1.29, 1.82) is 0 Å². The molecule has 1 heterocycles. The monoisotopic (exact) mass is 499 g/mol. The fourth-order valence-corrected chi connectivity index (χ4v) is 4.21. The van der Waals surface area contributed by atoms with Crippen molar-refractivity contribution in [3.63, 3.8) is 0 Å². The Balaban J connectivity index is 1.64. The lowest BCUT2D eigenvalue weighted by atomic mass is 10.1. The zero-order valence-corrected chi connectivity index (χ0v) is 22.0. The Kier molecular flexibility index (Phi) is 9.49. The Morgan fingerprint density at radius 1 is 0.838 bits per heavy atom. The number of hydrogen-bond acceptors (Lipinski definition) is 5. The Bertz CT molecular complexity index is 1210. The van der Waals surface area contributed by atoms with Crippen molar-refractivity contribution < 1.29 is 14.6 Å². The van der Waals surface area contributed by atoms with Crippen LogP contribution in [0.2, 0.25) is 0 Å². The van der Waals surface area contributed by atoms with E-state index in [1.54, 1.807) is 0 Å². The van der Waals surface area contributed by atoms with Gasteiger partial charge in [-0.15, -0.1) is 0 Å². The predicted octanol–water partition coefficient (Wildman–Crippen LogP) is 6.01. The van der Waals surface area contributed by atoms with Gasteiger partial charge in [0.15, 0.2) is 0 Å². The number of benzene rings is 3. The molecule has 0 aliphatic heterocycles. The number of rotatable bonds is 13. The largest absolute Gasteiger partial charge is 0.439 e. The van der Waals surface area contributed by atoms with Gasteiger partial charge in [-0.1, -0.05) is 80.6 Å². The molecule has 0 aliphatic carbocycles. The van der Waals surface area contributed by atoms with E-state index in [0.29, 0.717) is 44.6 Å². The molecule has 1 N–H and O–H groups in total. The molecule has 1 aromatic heterocycles. The summed E-state index contributed by atoms with van der Waals surface area (Å²) in [6.07, 6.45) is -0.606. The highest BCUT2D eigenvalue weighted by molar-refractivity contribution is 5.43. The van der Waals surface area contributed by atoms with Gasteiger partial charge in [0, 0.05) is 26.2 Å². The van der Waals surface area contributed by atoms with E-state index in [1.807, 2.05) is 90.5 Å². The summed E-state index contributed by atoms with van der Waals surface area (Å²) >= 11 is 0. The highest BCUT2D eigenvalue weighted by Crippen LogP contribution is 2.32. The minimum absolute atomic E-state index is 0.305. The van der Waals surface area contributed by atoms with E-state index in [4.69, 9.17) is 14.6 Å². The van der Waals surface area contributed by atoms with Gasteiger partial charge < -0.3 is 14.6 Å². The maximum atomic E-state index is 10.8. The van der Waals surface area contributed by atoms with Crippen LogP contribution < -0.4 is 4.74 Å². The first-order chi connectivity index (χ1) is 18.0. The van der Waals surface area contributed by atoms with E-state index in [1.165, 1.54) is 5.56 Å². The van der Waals surface area contributed by atoms with Gasteiger partial charge in [0.1, 0.15) is 5.75 Å². The van der Waals surface area contributed by atoms with Gasteiger partial charge >= 0.3 is 0 Å². The summed E-state index contributed by atoms with van der Waals surface area (Å²) in [6.45, 7) is 8.88. The lowest BCUT2D eigenvalue weighted by Crippen LogP contribution is -2.34. The second-order valence-electron chi connectivity index (χ2n) is 9.77. The smallest absolute Gasteiger partial charge is 0.227 e. The van der Waals surface area contributed by atoms with Gasteiger partial charge in [-0.3, -0.25) is 4.90 Å². The molecule has 1 atom stereocenters. The topological polar surface area (TPSA) is 59.8 Å². The molecule has 0 saturated carbocycles. The van der Waals surface area contributed by atoms with E-state index >= 15 is 0 Å². The third kappa shape index (κ3) is 7.76. The van der Waals surface area contributed by atoms with Crippen molar-refractivity contribution in [1.82, 2.24) is 14.7 Å². The number of nitrogens with zero attached hydrogens (tertiary/aromatic N) is 3. The van der Waals surface area contributed by atoms with Crippen LogP contribution in [0.25, 0.3) is 5.69 Å². The van der Waals surface area contributed by atoms with Gasteiger partial charge in [-0.25, -0.2) is 4.68 Å². The number of aromatic nitrogens is 2.